The Morgan fingerprint density at radius 3 is 2.42 bits per heavy atom. The van der Waals surface area contributed by atoms with E-state index in [0.29, 0.717) is 6.07 Å². The van der Waals surface area contributed by atoms with Crippen LogP contribution in [-0.4, -0.2) is 22.6 Å². The Balaban J connectivity index is 2.65. The van der Waals surface area contributed by atoms with Gasteiger partial charge in [0.25, 0.3) is 5.91 Å². The lowest BCUT2D eigenvalue weighted by molar-refractivity contribution is -0.138. The van der Waals surface area contributed by atoms with Gasteiger partial charge in [0, 0.05) is 10.0 Å². The van der Waals surface area contributed by atoms with Crippen molar-refractivity contribution in [2.24, 2.45) is 5.16 Å². The Labute approximate surface area is 112 Å². The number of fused-ring (bicyclic) bond motifs is 1. The van der Waals surface area contributed by atoms with Gasteiger partial charge in [-0.25, -0.2) is 0 Å². The molecule has 0 bridgehead atoms. The fourth-order valence-electron chi connectivity index (χ4n) is 1.58. The van der Waals surface area contributed by atoms with Crippen LogP contribution in [-0.2, 0) is 11.0 Å². The second kappa shape index (κ2) is 4.34. The van der Waals surface area contributed by atoms with E-state index in [1.165, 1.54) is 0 Å². The number of carbonyl (C=O) groups excluding carboxylic acids is 2. The normalized spacial score (nSPS) is 17.4. The highest BCUT2D eigenvalue weighted by Crippen LogP contribution is 2.38. The maximum atomic E-state index is 12.7. The molecule has 1 aliphatic heterocycles. The van der Waals surface area contributed by atoms with Crippen LogP contribution in [0.1, 0.15) is 15.9 Å². The molecule has 0 saturated heterocycles. The third-order valence-electron chi connectivity index (χ3n) is 2.44. The van der Waals surface area contributed by atoms with E-state index in [4.69, 9.17) is 5.21 Å². The molecule has 0 atom stereocenters. The molecule has 19 heavy (non-hydrogen) atoms. The molecule has 2 rings (SSSR count). The van der Waals surface area contributed by atoms with Crippen LogP contribution in [0.15, 0.2) is 21.8 Å². The van der Waals surface area contributed by atoms with Gasteiger partial charge in [0.05, 0.1) is 11.3 Å². The smallest absolute Gasteiger partial charge is 0.410 e. The molecule has 5 nitrogen and oxygen atoms in total. The summed E-state index contributed by atoms with van der Waals surface area (Å²) in [6.07, 6.45) is -4.63. The number of ketones is 1. The highest BCUT2D eigenvalue weighted by Gasteiger charge is 2.37. The minimum absolute atomic E-state index is 0.188. The van der Waals surface area contributed by atoms with Gasteiger partial charge in [0.1, 0.15) is 0 Å². The number of hydrogen-bond acceptors (Lipinski definition) is 4. The van der Waals surface area contributed by atoms with Crippen molar-refractivity contribution in [3.63, 3.8) is 0 Å². The van der Waals surface area contributed by atoms with Crippen molar-refractivity contribution >= 4 is 39.0 Å². The summed E-state index contributed by atoms with van der Waals surface area (Å²) >= 11 is 2.71. The zero-order valence-electron chi connectivity index (χ0n) is 8.88. The average molecular weight is 337 g/mol. The van der Waals surface area contributed by atoms with Crippen molar-refractivity contribution in [3.8, 4) is 0 Å². The summed E-state index contributed by atoms with van der Waals surface area (Å²) in [4.78, 5) is 23.0. The summed E-state index contributed by atoms with van der Waals surface area (Å²) in [5.41, 5.74) is -2.27. The van der Waals surface area contributed by atoms with E-state index in [1.54, 1.807) is 0 Å². The molecular weight excluding hydrogens is 333 g/mol. The Morgan fingerprint density at radius 2 is 1.89 bits per heavy atom. The van der Waals surface area contributed by atoms with Crippen LogP contribution in [0.3, 0.4) is 0 Å². The van der Waals surface area contributed by atoms with Gasteiger partial charge in [-0.15, -0.1) is 0 Å². The molecule has 0 spiro atoms. The molecule has 0 fully saturated rings. The number of amides is 1. The van der Waals surface area contributed by atoms with Crippen LogP contribution in [0.4, 0.5) is 18.9 Å². The molecule has 1 aromatic rings. The van der Waals surface area contributed by atoms with Crippen LogP contribution in [0.2, 0.25) is 0 Å². The van der Waals surface area contributed by atoms with Gasteiger partial charge >= 0.3 is 6.18 Å². The Morgan fingerprint density at radius 1 is 1.26 bits per heavy atom. The van der Waals surface area contributed by atoms with Gasteiger partial charge in [-0.05, 0) is 12.1 Å². The molecule has 100 valence electrons. The lowest BCUT2D eigenvalue weighted by atomic mass is 9.98. The number of benzene rings is 1. The van der Waals surface area contributed by atoms with Crippen molar-refractivity contribution in [1.82, 2.24) is 0 Å². The number of anilines is 1. The first-order valence-electron chi connectivity index (χ1n) is 4.74. The molecule has 2 N–H and O–H groups in total. The molecule has 1 aliphatic rings. The van der Waals surface area contributed by atoms with E-state index in [1.807, 2.05) is 0 Å². The van der Waals surface area contributed by atoms with Crippen LogP contribution < -0.4 is 5.32 Å². The van der Waals surface area contributed by atoms with Gasteiger partial charge < -0.3 is 10.5 Å². The summed E-state index contributed by atoms with van der Waals surface area (Å²) in [6, 6.07) is 1.56. The first-order chi connectivity index (χ1) is 8.75. The zero-order valence-corrected chi connectivity index (χ0v) is 10.5. The topological polar surface area (TPSA) is 78.8 Å². The third kappa shape index (κ3) is 2.21. The number of carbonyl (C=O) groups is 2. The third-order valence-corrected chi connectivity index (χ3v) is 3.09. The second-order valence-corrected chi connectivity index (χ2v) is 4.46. The highest BCUT2D eigenvalue weighted by molar-refractivity contribution is 9.10. The van der Waals surface area contributed by atoms with E-state index < -0.39 is 29.1 Å². The summed E-state index contributed by atoms with van der Waals surface area (Å²) < 4.78 is 37.6. The molecule has 1 amide bonds. The number of halogens is 4. The monoisotopic (exact) mass is 336 g/mol. The zero-order chi connectivity index (χ0) is 14.4. The summed E-state index contributed by atoms with van der Waals surface area (Å²) in [5, 5.41) is 13.1. The molecular formula is C10H4BrF3N2O3. The Kier molecular flexibility index (Phi) is 3.09. The first kappa shape index (κ1) is 13.5. The fraction of sp³-hybridized carbons (Fsp3) is 0.100. The lowest BCUT2D eigenvalue weighted by Crippen LogP contribution is -2.36. The average Bonchev–Trinajstić information content (AvgIpc) is 2.29. The highest BCUT2D eigenvalue weighted by atomic mass is 79.9. The van der Waals surface area contributed by atoms with E-state index in [-0.39, 0.29) is 15.7 Å². The predicted octanol–water partition coefficient (Wildman–Crippen LogP) is 2.43. The van der Waals surface area contributed by atoms with Gasteiger partial charge in [0.15, 0.2) is 0 Å². The fourth-order valence-corrected chi connectivity index (χ4v) is 2.15. The number of rotatable bonds is 0. The summed E-state index contributed by atoms with van der Waals surface area (Å²) in [5.74, 6) is -2.01. The van der Waals surface area contributed by atoms with E-state index in [0.717, 1.165) is 6.07 Å². The lowest BCUT2D eigenvalue weighted by Gasteiger charge is -2.19. The molecule has 0 aliphatic carbocycles. The van der Waals surface area contributed by atoms with Gasteiger partial charge in [-0.1, -0.05) is 21.1 Å². The van der Waals surface area contributed by atoms with Crippen molar-refractivity contribution in [2.75, 3.05) is 5.32 Å². The van der Waals surface area contributed by atoms with E-state index in [2.05, 4.69) is 26.4 Å². The molecule has 0 saturated carbocycles. The van der Waals surface area contributed by atoms with E-state index >= 15 is 0 Å². The van der Waals surface area contributed by atoms with Crippen molar-refractivity contribution in [2.45, 2.75) is 6.18 Å². The standard InChI is InChI=1S/C10H4BrF3N2O3/c11-5-1-3-6(2-4(5)10(12,13)14)15-9(18)7(16-19)8(3)17/h1-2,19H,(H,15,18). The Hall–Kier alpha value is -1.90. The van der Waals surface area contributed by atoms with Crippen molar-refractivity contribution < 1.29 is 28.0 Å². The molecule has 0 radical (unpaired) electrons. The van der Waals surface area contributed by atoms with Crippen LogP contribution >= 0.6 is 15.9 Å². The number of alkyl halides is 3. The number of hydrogen-bond donors (Lipinski definition) is 2. The first-order valence-corrected chi connectivity index (χ1v) is 5.54. The predicted molar refractivity (Wildman–Crippen MR) is 61.3 cm³/mol. The largest absolute Gasteiger partial charge is 0.417 e. The van der Waals surface area contributed by atoms with Crippen molar-refractivity contribution in [3.05, 3.63) is 27.7 Å². The minimum Gasteiger partial charge on any atom is -0.410 e. The number of Topliss-reactive ketones (excluding diaryl/α,β-unsaturated/α-hetero) is 1. The molecule has 0 unspecified atom stereocenters. The molecule has 1 heterocycles. The number of nitrogens with one attached hydrogen (secondary N) is 1. The quantitative estimate of drug-likeness (QED) is 0.564. The maximum Gasteiger partial charge on any atom is 0.417 e. The number of oxime groups is 1. The second-order valence-electron chi connectivity index (χ2n) is 3.61. The minimum atomic E-state index is -4.63. The van der Waals surface area contributed by atoms with E-state index in [9.17, 15) is 22.8 Å². The van der Waals surface area contributed by atoms with Gasteiger partial charge in [-0.2, -0.15) is 13.2 Å². The molecule has 9 heteroatoms. The molecule has 0 aromatic heterocycles. The molecule has 1 aromatic carbocycles. The van der Waals surface area contributed by atoms with Crippen LogP contribution in [0, 0.1) is 0 Å². The summed E-state index contributed by atoms with van der Waals surface area (Å²) in [7, 11) is 0. The van der Waals surface area contributed by atoms with Crippen LogP contribution in [0.5, 0.6) is 0 Å². The van der Waals surface area contributed by atoms with Crippen LogP contribution in [0.25, 0.3) is 0 Å². The van der Waals surface area contributed by atoms with Gasteiger partial charge in [-0.3, -0.25) is 9.59 Å². The Bertz CT molecular complexity index is 625. The van der Waals surface area contributed by atoms with Gasteiger partial charge in [0.2, 0.25) is 11.5 Å². The number of nitrogens with zero attached hydrogens (tertiary/aromatic N) is 1. The SMILES string of the molecule is O=C1Nc2cc(C(F)(F)F)c(Br)cc2C(=O)C1=NO. The summed E-state index contributed by atoms with van der Waals surface area (Å²) in [6.45, 7) is 0. The maximum absolute atomic E-state index is 12.7. The van der Waals surface area contributed by atoms with Crippen molar-refractivity contribution in [1.29, 1.82) is 0 Å².